The van der Waals surface area contributed by atoms with Crippen LogP contribution in [0.4, 0.5) is 30.9 Å². The molecule has 1 atom stereocenters. The maximum atomic E-state index is 15.0. The van der Waals surface area contributed by atoms with E-state index in [4.69, 9.17) is 4.74 Å². The van der Waals surface area contributed by atoms with E-state index in [1.807, 2.05) is 36.9 Å². The lowest BCUT2D eigenvalue weighted by molar-refractivity contribution is 0.237. The fourth-order valence-electron chi connectivity index (χ4n) is 4.95. The van der Waals surface area contributed by atoms with E-state index in [2.05, 4.69) is 25.9 Å². The number of rotatable bonds is 5. The van der Waals surface area contributed by atoms with Crippen molar-refractivity contribution >= 4 is 23.4 Å². The van der Waals surface area contributed by atoms with E-state index in [0.717, 1.165) is 31.1 Å². The molecule has 8 nitrogen and oxygen atoms in total. The van der Waals surface area contributed by atoms with Gasteiger partial charge in [0.1, 0.15) is 12.3 Å². The topological polar surface area (TPSA) is 91.4 Å². The van der Waals surface area contributed by atoms with Crippen LogP contribution < -0.4 is 25.6 Å². The summed E-state index contributed by atoms with van der Waals surface area (Å²) in [5.41, 5.74) is 4.02. The fraction of sp³-hybridized carbons (Fsp3) is 0.370. The molecule has 1 aliphatic heterocycles. The molecule has 1 aliphatic carbocycles. The van der Waals surface area contributed by atoms with Gasteiger partial charge in [0.05, 0.1) is 18.4 Å². The van der Waals surface area contributed by atoms with Crippen molar-refractivity contribution in [2.24, 2.45) is 0 Å². The van der Waals surface area contributed by atoms with Crippen molar-refractivity contribution in [3.8, 4) is 17.0 Å². The monoisotopic (exact) mass is 508 g/mol. The molecular formula is C27H30F2N6O2. The number of aryl methyl sites for hydroxylation is 1. The second-order valence-electron chi connectivity index (χ2n) is 9.60. The average Bonchev–Trinajstić information content (AvgIpc) is 2.89. The number of carbonyl (C=O) groups excluding carboxylic acids is 1. The highest BCUT2D eigenvalue weighted by Gasteiger charge is 2.26. The number of halogens is 2. The van der Waals surface area contributed by atoms with Gasteiger partial charge in [-0.05, 0) is 68.5 Å². The van der Waals surface area contributed by atoms with Crippen molar-refractivity contribution < 1.29 is 18.3 Å². The molecular weight excluding hydrogens is 478 g/mol. The van der Waals surface area contributed by atoms with Crippen molar-refractivity contribution in [2.45, 2.75) is 45.2 Å². The number of urea groups is 1. The number of carbonyl (C=O) groups is 1. The summed E-state index contributed by atoms with van der Waals surface area (Å²) in [6.07, 6.45) is 3.49. The normalized spacial score (nSPS) is 16.5. The van der Waals surface area contributed by atoms with Crippen LogP contribution in [0.5, 0.6) is 5.75 Å². The Bertz CT molecular complexity index is 1330. The molecule has 0 radical (unpaired) electrons. The van der Waals surface area contributed by atoms with E-state index < -0.39 is 11.6 Å². The lowest BCUT2D eigenvalue weighted by Gasteiger charge is -2.34. The van der Waals surface area contributed by atoms with E-state index in [1.165, 1.54) is 17.2 Å². The lowest BCUT2D eigenvalue weighted by Crippen LogP contribution is -2.43. The number of benzene rings is 2. The maximum absolute atomic E-state index is 15.0. The van der Waals surface area contributed by atoms with E-state index in [9.17, 15) is 13.6 Å². The summed E-state index contributed by atoms with van der Waals surface area (Å²) in [6, 6.07) is 8.94. The Labute approximate surface area is 214 Å². The van der Waals surface area contributed by atoms with E-state index in [-0.39, 0.29) is 35.5 Å². The summed E-state index contributed by atoms with van der Waals surface area (Å²) in [5, 5.41) is 8.70. The molecule has 0 saturated carbocycles. The lowest BCUT2D eigenvalue weighted by atomic mass is 9.88. The Morgan fingerprint density at radius 3 is 2.78 bits per heavy atom. The number of ether oxygens (including phenoxy) is 1. The van der Waals surface area contributed by atoms with Crippen LogP contribution in [0.2, 0.25) is 0 Å². The van der Waals surface area contributed by atoms with Gasteiger partial charge in [0.15, 0.2) is 17.4 Å². The predicted molar refractivity (Wildman–Crippen MR) is 138 cm³/mol. The summed E-state index contributed by atoms with van der Waals surface area (Å²) in [5.74, 6) is -0.804. The first-order chi connectivity index (χ1) is 17.8. The Morgan fingerprint density at radius 2 is 2.00 bits per heavy atom. The zero-order valence-corrected chi connectivity index (χ0v) is 21.1. The molecule has 0 saturated heterocycles. The second kappa shape index (κ2) is 10.2. The zero-order chi connectivity index (χ0) is 26.1. The smallest absolute Gasteiger partial charge is 0.314 e. The largest absolute Gasteiger partial charge is 0.486 e. The van der Waals surface area contributed by atoms with Crippen molar-refractivity contribution in [3.63, 3.8) is 0 Å². The number of anilines is 3. The number of aromatic nitrogens is 2. The first-order valence-corrected chi connectivity index (χ1v) is 12.5. The zero-order valence-electron chi connectivity index (χ0n) is 21.1. The van der Waals surface area contributed by atoms with Crippen LogP contribution in [0.15, 0.2) is 36.5 Å². The molecule has 194 valence electrons. The number of nitrogens with one attached hydrogen (secondary N) is 3. The molecule has 2 amide bonds. The summed E-state index contributed by atoms with van der Waals surface area (Å²) >= 11 is 0. The standard InChI is InChI=1S/C27H30F2N6O2/c1-15(2)35-8-9-37-25-21(28)12-18(13-23(25)35)24-22(29)14-31-26(34-24)32-19-6-4-17-11-20(33-27(36)30-3)7-5-16(17)10-19/h4,6,10,12-15,20H,5,7-9,11H2,1-3H3,(H2,30,33,36)(H,31,32,34). The van der Waals surface area contributed by atoms with Gasteiger partial charge in [0.25, 0.3) is 0 Å². The van der Waals surface area contributed by atoms with Crippen LogP contribution >= 0.6 is 0 Å². The number of hydrogen-bond acceptors (Lipinski definition) is 6. The third-order valence-electron chi connectivity index (χ3n) is 6.81. The van der Waals surface area contributed by atoms with Crippen LogP contribution in [-0.2, 0) is 12.8 Å². The van der Waals surface area contributed by atoms with Crippen LogP contribution in [0.3, 0.4) is 0 Å². The summed E-state index contributed by atoms with van der Waals surface area (Å²) in [6.45, 7) is 5.05. The number of hydrogen-bond donors (Lipinski definition) is 3. The highest BCUT2D eigenvalue weighted by molar-refractivity contribution is 5.74. The molecule has 37 heavy (non-hydrogen) atoms. The van der Waals surface area contributed by atoms with Crippen LogP contribution in [0, 0.1) is 11.6 Å². The van der Waals surface area contributed by atoms with Gasteiger partial charge >= 0.3 is 6.03 Å². The van der Waals surface area contributed by atoms with Crippen molar-refractivity contribution in [2.75, 3.05) is 30.4 Å². The molecule has 10 heteroatoms. The minimum absolute atomic E-state index is 0.00885. The predicted octanol–water partition coefficient (Wildman–Crippen LogP) is 4.56. The molecule has 2 aliphatic rings. The Hall–Kier alpha value is -3.95. The van der Waals surface area contributed by atoms with Crippen LogP contribution in [-0.4, -0.2) is 48.3 Å². The third kappa shape index (κ3) is 5.14. The third-order valence-corrected chi connectivity index (χ3v) is 6.81. The highest BCUT2D eigenvalue weighted by Crippen LogP contribution is 2.39. The molecule has 1 aromatic heterocycles. The van der Waals surface area contributed by atoms with Crippen LogP contribution in [0.1, 0.15) is 31.4 Å². The Morgan fingerprint density at radius 1 is 1.16 bits per heavy atom. The molecule has 1 unspecified atom stereocenters. The van der Waals surface area contributed by atoms with Crippen molar-refractivity contribution in [1.82, 2.24) is 20.6 Å². The number of amides is 2. The molecule has 0 spiro atoms. The highest BCUT2D eigenvalue weighted by atomic mass is 19.1. The summed E-state index contributed by atoms with van der Waals surface area (Å²) in [4.78, 5) is 22.2. The minimum atomic E-state index is -0.641. The molecule has 2 aromatic carbocycles. The van der Waals surface area contributed by atoms with Gasteiger partial charge in [-0.2, -0.15) is 0 Å². The Balaban J connectivity index is 1.39. The van der Waals surface area contributed by atoms with E-state index in [0.29, 0.717) is 24.4 Å². The van der Waals surface area contributed by atoms with Gasteiger partial charge in [-0.1, -0.05) is 6.07 Å². The molecule has 3 aromatic rings. The van der Waals surface area contributed by atoms with Gasteiger partial charge in [0, 0.05) is 30.4 Å². The fourth-order valence-corrected chi connectivity index (χ4v) is 4.95. The minimum Gasteiger partial charge on any atom is -0.486 e. The SMILES string of the molecule is CNC(=O)NC1CCc2cc(Nc3ncc(F)c(-c4cc(F)c5c(c4)N(C(C)C)CCO5)n3)ccc2C1. The summed E-state index contributed by atoms with van der Waals surface area (Å²) in [7, 11) is 1.60. The molecule has 0 bridgehead atoms. The van der Waals surface area contributed by atoms with Gasteiger partial charge in [-0.25, -0.2) is 23.5 Å². The number of fused-ring (bicyclic) bond motifs is 2. The van der Waals surface area contributed by atoms with Crippen molar-refractivity contribution in [3.05, 3.63) is 59.3 Å². The van der Waals surface area contributed by atoms with Crippen molar-refractivity contribution in [1.29, 1.82) is 0 Å². The first kappa shape index (κ1) is 24.7. The summed E-state index contributed by atoms with van der Waals surface area (Å²) < 4.78 is 35.3. The Kier molecular flexibility index (Phi) is 6.82. The van der Waals surface area contributed by atoms with Gasteiger partial charge in [0.2, 0.25) is 5.95 Å². The molecule has 5 rings (SSSR count). The second-order valence-corrected chi connectivity index (χ2v) is 9.60. The van der Waals surface area contributed by atoms with Crippen LogP contribution in [0.25, 0.3) is 11.3 Å². The van der Waals surface area contributed by atoms with Gasteiger partial charge in [-0.3, -0.25) is 0 Å². The quantitative estimate of drug-likeness (QED) is 0.468. The molecule has 0 fully saturated rings. The van der Waals surface area contributed by atoms with Gasteiger partial charge < -0.3 is 25.6 Å². The molecule has 2 heterocycles. The maximum Gasteiger partial charge on any atom is 0.314 e. The number of nitrogens with zero attached hydrogens (tertiary/aromatic N) is 3. The molecule has 3 N–H and O–H groups in total. The first-order valence-electron chi connectivity index (χ1n) is 12.5. The average molecular weight is 509 g/mol. The van der Waals surface area contributed by atoms with Gasteiger partial charge in [-0.15, -0.1) is 0 Å². The van der Waals surface area contributed by atoms with E-state index in [1.54, 1.807) is 13.1 Å². The van der Waals surface area contributed by atoms with E-state index >= 15 is 0 Å².